The van der Waals surface area contributed by atoms with E-state index in [-0.39, 0.29) is 18.2 Å². The molecule has 2 aromatic carbocycles. The Hall–Kier alpha value is -2.71. The van der Waals surface area contributed by atoms with Crippen LogP contribution in [0.5, 0.6) is 5.75 Å². The lowest BCUT2D eigenvalue weighted by Gasteiger charge is -2.08. The molecule has 0 saturated carbocycles. The zero-order chi connectivity index (χ0) is 22.7. The van der Waals surface area contributed by atoms with Gasteiger partial charge in [0, 0.05) is 22.4 Å². The number of ether oxygens (including phenoxy) is 1. The number of aromatic nitrogens is 4. The highest BCUT2D eigenvalue weighted by atomic mass is 35.5. The van der Waals surface area contributed by atoms with E-state index in [4.69, 9.17) is 51.1 Å². The average molecular weight is 511 g/mol. The summed E-state index contributed by atoms with van der Waals surface area (Å²) in [5, 5.41) is 13.0. The van der Waals surface area contributed by atoms with Gasteiger partial charge >= 0.3 is 0 Å². The van der Waals surface area contributed by atoms with Gasteiger partial charge in [0.2, 0.25) is 0 Å². The van der Waals surface area contributed by atoms with Crippen molar-refractivity contribution < 1.29 is 9.53 Å². The van der Waals surface area contributed by atoms with E-state index < -0.39 is 5.91 Å². The molecule has 0 spiro atoms. The summed E-state index contributed by atoms with van der Waals surface area (Å²) in [4.78, 5) is 12.6. The van der Waals surface area contributed by atoms with Gasteiger partial charge in [-0.25, -0.2) is 4.68 Å². The second-order valence-electron chi connectivity index (χ2n) is 6.66. The monoisotopic (exact) mass is 509 g/mol. The molecule has 164 valence electrons. The Bertz CT molecular complexity index is 1270. The van der Waals surface area contributed by atoms with Crippen LogP contribution in [0.25, 0.3) is 0 Å². The van der Waals surface area contributed by atoms with Gasteiger partial charge in [-0.2, -0.15) is 10.2 Å². The van der Waals surface area contributed by atoms with Crippen LogP contribution in [0.2, 0.25) is 20.1 Å². The van der Waals surface area contributed by atoms with Crippen LogP contribution in [0, 0.1) is 0 Å². The van der Waals surface area contributed by atoms with Crippen LogP contribution in [0.1, 0.15) is 16.1 Å². The lowest BCUT2D eigenvalue weighted by molar-refractivity contribution is 0.101. The van der Waals surface area contributed by atoms with Crippen molar-refractivity contribution in [1.82, 2.24) is 19.6 Å². The molecular weight excluding hydrogens is 496 g/mol. The van der Waals surface area contributed by atoms with Crippen molar-refractivity contribution in [3.05, 3.63) is 92.3 Å². The fourth-order valence-electron chi connectivity index (χ4n) is 2.82. The van der Waals surface area contributed by atoms with Gasteiger partial charge in [0.25, 0.3) is 5.91 Å². The average Bonchev–Trinajstić information content (AvgIpc) is 3.36. The predicted molar refractivity (Wildman–Crippen MR) is 125 cm³/mol. The third-order valence-electron chi connectivity index (χ3n) is 4.36. The van der Waals surface area contributed by atoms with Crippen LogP contribution >= 0.6 is 46.4 Å². The first-order valence-corrected chi connectivity index (χ1v) is 10.8. The number of benzene rings is 2. The van der Waals surface area contributed by atoms with Crippen molar-refractivity contribution in [3.8, 4) is 5.75 Å². The van der Waals surface area contributed by atoms with E-state index in [1.807, 2.05) is 18.2 Å². The fraction of sp³-hybridized carbons (Fsp3) is 0.0952. The highest BCUT2D eigenvalue weighted by Gasteiger charge is 2.15. The Balaban J connectivity index is 1.39. The Labute approximate surface area is 203 Å². The van der Waals surface area contributed by atoms with Crippen LogP contribution in [0.3, 0.4) is 0 Å². The molecule has 4 rings (SSSR count). The minimum atomic E-state index is -0.460. The third-order valence-corrected chi connectivity index (χ3v) is 5.53. The van der Waals surface area contributed by atoms with E-state index in [0.29, 0.717) is 32.4 Å². The molecule has 4 aromatic rings. The predicted octanol–water partition coefficient (Wildman–Crippen LogP) is 6.03. The van der Waals surface area contributed by atoms with E-state index in [0.717, 1.165) is 5.56 Å². The van der Waals surface area contributed by atoms with Crippen LogP contribution in [-0.2, 0) is 13.3 Å². The molecule has 7 nitrogen and oxygen atoms in total. The molecule has 32 heavy (non-hydrogen) atoms. The molecule has 1 N–H and O–H groups in total. The number of carbonyl (C=O) groups is 1. The standard InChI is InChI=1S/C21H15Cl4N5O2/c22-14-5-6-19(16(24)9-14)32-12-29-8-7-18(27-29)21(31)26-20-17(25)11-30(28-20)10-13-3-1-2-4-15(13)23/h1-9,11H,10,12H2,(H,26,28,31). The van der Waals surface area contributed by atoms with E-state index in [9.17, 15) is 4.79 Å². The van der Waals surface area contributed by atoms with Crippen molar-refractivity contribution in [2.45, 2.75) is 13.3 Å². The Morgan fingerprint density at radius 2 is 1.75 bits per heavy atom. The van der Waals surface area contributed by atoms with Crippen molar-refractivity contribution in [2.24, 2.45) is 0 Å². The molecule has 0 bridgehead atoms. The van der Waals surface area contributed by atoms with E-state index >= 15 is 0 Å². The van der Waals surface area contributed by atoms with Crippen molar-refractivity contribution in [2.75, 3.05) is 5.32 Å². The summed E-state index contributed by atoms with van der Waals surface area (Å²) in [6.07, 6.45) is 3.22. The summed E-state index contributed by atoms with van der Waals surface area (Å²) >= 11 is 24.4. The number of halogens is 4. The van der Waals surface area contributed by atoms with Gasteiger partial charge in [0.1, 0.15) is 10.8 Å². The number of nitrogens with zero attached hydrogens (tertiary/aromatic N) is 4. The zero-order valence-electron chi connectivity index (χ0n) is 16.3. The molecule has 11 heteroatoms. The van der Waals surface area contributed by atoms with Gasteiger partial charge in [-0.3, -0.25) is 9.48 Å². The summed E-state index contributed by atoms with van der Waals surface area (Å²) < 4.78 is 8.66. The van der Waals surface area contributed by atoms with Gasteiger partial charge in [-0.15, -0.1) is 0 Å². The van der Waals surface area contributed by atoms with Crippen molar-refractivity contribution in [1.29, 1.82) is 0 Å². The third kappa shape index (κ3) is 5.37. The quantitative estimate of drug-likeness (QED) is 0.329. The summed E-state index contributed by atoms with van der Waals surface area (Å²) in [5.41, 5.74) is 1.05. The minimum absolute atomic E-state index is 0.0574. The topological polar surface area (TPSA) is 74.0 Å². The van der Waals surface area contributed by atoms with Gasteiger partial charge in [0.05, 0.1) is 11.6 Å². The molecule has 0 aliphatic carbocycles. The number of rotatable bonds is 7. The number of nitrogens with one attached hydrogen (secondary N) is 1. The minimum Gasteiger partial charge on any atom is -0.470 e. The SMILES string of the molecule is O=C(Nc1nn(Cc2ccccc2Cl)cc1Cl)c1ccn(COc2ccc(Cl)cc2Cl)n1. The molecule has 0 unspecified atom stereocenters. The molecular formula is C21H15Cl4N5O2. The number of hydrogen-bond donors (Lipinski definition) is 1. The maximum atomic E-state index is 12.6. The molecule has 2 heterocycles. The first-order valence-electron chi connectivity index (χ1n) is 9.28. The van der Waals surface area contributed by atoms with Crippen LogP contribution in [-0.4, -0.2) is 25.5 Å². The molecule has 1 amide bonds. The van der Waals surface area contributed by atoms with Crippen LogP contribution in [0.4, 0.5) is 5.82 Å². The van der Waals surface area contributed by atoms with Crippen LogP contribution < -0.4 is 10.1 Å². The Kier molecular flexibility index (Phi) is 6.91. The summed E-state index contributed by atoms with van der Waals surface area (Å²) in [7, 11) is 0. The van der Waals surface area contributed by atoms with Gasteiger partial charge in [-0.05, 0) is 35.9 Å². The number of carbonyl (C=O) groups excluding carboxylic acids is 1. The van der Waals surface area contributed by atoms with Crippen LogP contribution in [0.15, 0.2) is 60.9 Å². The maximum absolute atomic E-state index is 12.6. The normalized spacial score (nSPS) is 10.9. The molecule has 2 aromatic heterocycles. The lowest BCUT2D eigenvalue weighted by atomic mass is 10.2. The maximum Gasteiger partial charge on any atom is 0.277 e. The smallest absolute Gasteiger partial charge is 0.277 e. The Morgan fingerprint density at radius 1 is 0.938 bits per heavy atom. The number of anilines is 1. The van der Waals surface area contributed by atoms with E-state index in [2.05, 4.69) is 15.5 Å². The lowest BCUT2D eigenvalue weighted by Crippen LogP contribution is -2.15. The summed E-state index contributed by atoms with van der Waals surface area (Å²) in [6.45, 7) is 0.469. The molecule has 0 saturated heterocycles. The summed E-state index contributed by atoms with van der Waals surface area (Å²) in [6, 6.07) is 13.9. The molecule has 0 aliphatic heterocycles. The second-order valence-corrected chi connectivity index (χ2v) is 8.32. The van der Waals surface area contributed by atoms with Crippen molar-refractivity contribution >= 4 is 58.1 Å². The van der Waals surface area contributed by atoms with Gasteiger partial charge < -0.3 is 10.1 Å². The van der Waals surface area contributed by atoms with E-state index in [1.54, 1.807) is 47.4 Å². The molecule has 0 aliphatic rings. The fourth-order valence-corrected chi connectivity index (χ4v) is 3.67. The second kappa shape index (κ2) is 9.83. The first-order chi connectivity index (χ1) is 15.4. The van der Waals surface area contributed by atoms with E-state index in [1.165, 1.54) is 4.68 Å². The largest absolute Gasteiger partial charge is 0.470 e. The number of amides is 1. The highest BCUT2D eigenvalue weighted by Crippen LogP contribution is 2.27. The molecule has 0 atom stereocenters. The van der Waals surface area contributed by atoms with Gasteiger partial charge in [-0.1, -0.05) is 64.6 Å². The van der Waals surface area contributed by atoms with Gasteiger partial charge in [0.15, 0.2) is 18.2 Å². The first kappa shape index (κ1) is 22.5. The summed E-state index contributed by atoms with van der Waals surface area (Å²) in [5.74, 6) is 0.217. The molecule has 0 fully saturated rings. The zero-order valence-corrected chi connectivity index (χ0v) is 19.3. The van der Waals surface area contributed by atoms with Crippen molar-refractivity contribution in [3.63, 3.8) is 0 Å². The molecule has 0 radical (unpaired) electrons. The number of hydrogen-bond acceptors (Lipinski definition) is 4. The highest BCUT2D eigenvalue weighted by molar-refractivity contribution is 6.35. The Morgan fingerprint density at radius 3 is 2.53 bits per heavy atom.